The van der Waals surface area contributed by atoms with Gasteiger partial charge < -0.3 is 33.5 Å². The number of aliphatic hydroxyl groups is 1. The van der Waals surface area contributed by atoms with Crippen molar-refractivity contribution in [2.45, 2.75) is 270 Å². The van der Waals surface area contributed by atoms with E-state index in [0.29, 0.717) is 25.2 Å². The Bertz CT molecular complexity index is 1250. The van der Waals surface area contributed by atoms with Crippen LogP contribution in [0, 0.1) is 0 Å². The summed E-state index contributed by atoms with van der Waals surface area (Å²) in [5, 5.41) is 9.25. The molecule has 64 heavy (non-hydrogen) atoms. The second-order valence-corrected chi connectivity index (χ2v) is 18.4. The van der Waals surface area contributed by atoms with E-state index < -0.39 is 30.6 Å². The molecule has 1 aromatic rings. The zero-order chi connectivity index (χ0) is 46.1. The molecule has 0 radical (unpaired) electrons. The average Bonchev–Trinajstić information content (AvgIpc) is 3.30. The highest BCUT2D eigenvalue weighted by molar-refractivity contribution is 5.71. The van der Waals surface area contributed by atoms with Gasteiger partial charge in [-0.1, -0.05) is 206 Å². The van der Waals surface area contributed by atoms with Crippen LogP contribution in [0.25, 0.3) is 0 Å². The molecule has 1 heterocycles. The van der Waals surface area contributed by atoms with Gasteiger partial charge in [0.25, 0.3) is 0 Å². The molecule has 4 unspecified atom stereocenters. The Kier molecular flexibility index (Phi) is 36.4. The summed E-state index contributed by atoms with van der Waals surface area (Å²) in [4.78, 5) is 39.3. The van der Waals surface area contributed by atoms with Gasteiger partial charge in [0.2, 0.25) is 0 Å². The number of rotatable bonds is 43. The van der Waals surface area contributed by atoms with Gasteiger partial charge in [-0.2, -0.15) is 0 Å². The Morgan fingerprint density at radius 1 is 0.547 bits per heavy atom. The summed E-state index contributed by atoms with van der Waals surface area (Å²) < 4.78 is 35.1. The molecule has 1 saturated heterocycles. The van der Waals surface area contributed by atoms with Gasteiger partial charge in [0.05, 0.1) is 13.2 Å². The summed E-state index contributed by atoms with van der Waals surface area (Å²) in [6.45, 7) is 4.63. The smallest absolute Gasteiger partial charge is 0.306 e. The zero-order valence-corrected chi connectivity index (χ0v) is 41.1. The van der Waals surface area contributed by atoms with Crippen LogP contribution < -0.4 is 4.74 Å². The molecule has 370 valence electrons. The first kappa shape index (κ1) is 57.4. The van der Waals surface area contributed by atoms with E-state index in [1.165, 1.54) is 161 Å². The molecule has 0 aromatic heterocycles. The third kappa shape index (κ3) is 30.5. The molecule has 0 bridgehead atoms. The molecule has 0 amide bonds. The van der Waals surface area contributed by atoms with Crippen LogP contribution in [0.5, 0.6) is 5.75 Å². The molecular formula is C54H94O10. The van der Waals surface area contributed by atoms with E-state index in [0.717, 1.165) is 44.1 Å². The summed E-state index contributed by atoms with van der Waals surface area (Å²) in [5.74, 6) is -0.488. The number of esters is 3. The molecule has 1 aliphatic heterocycles. The lowest BCUT2D eigenvalue weighted by molar-refractivity contribution is -0.261. The van der Waals surface area contributed by atoms with Crippen molar-refractivity contribution < 1.29 is 47.9 Å². The van der Waals surface area contributed by atoms with Crippen molar-refractivity contribution in [3.63, 3.8) is 0 Å². The predicted molar refractivity (Wildman–Crippen MR) is 257 cm³/mol. The van der Waals surface area contributed by atoms with E-state index in [4.69, 9.17) is 28.4 Å². The zero-order valence-electron chi connectivity index (χ0n) is 41.1. The fourth-order valence-corrected chi connectivity index (χ4v) is 8.51. The van der Waals surface area contributed by atoms with Crippen molar-refractivity contribution in [2.75, 3.05) is 20.3 Å². The molecule has 10 nitrogen and oxygen atoms in total. The van der Waals surface area contributed by atoms with Crippen LogP contribution in [0.4, 0.5) is 0 Å². The Morgan fingerprint density at radius 2 is 0.953 bits per heavy atom. The normalized spacial score (nSPS) is 17.3. The molecule has 1 aromatic carbocycles. The molecular weight excluding hydrogens is 809 g/mol. The maximum atomic E-state index is 13.3. The third-order valence-corrected chi connectivity index (χ3v) is 12.6. The van der Waals surface area contributed by atoms with Crippen LogP contribution in [-0.2, 0) is 44.7 Å². The fraction of sp³-hybridized carbons (Fsp3) is 0.833. The summed E-state index contributed by atoms with van der Waals surface area (Å²) in [6, 6.07) is 7.14. The minimum atomic E-state index is -0.932. The van der Waals surface area contributed by atoms with Crippen LogP contribution in [0.3, 0.4) is 0 Å². The molecule has 10 heteroatoms. The van der Waals surface area contributed by atoms with E-state index in [-0.39, 0.29) is 44.4 Å². The summed E-state index contributed by atoms with van der Waals surface area (Å²) in [5.41, 5.74) is 0.794. The molecule has 4 atom stereocenters. The number of aliphatic hydroxyl groups excluding tert-OH is 1. The predicted octanol–water partition coefficient (Wildman–Crippen LogP) is 14.0. The van der Waals surface area contributed by atoms with Crippen molar-refractivity contribution in [1.82, 2.24) is 0 Å². The Balaban J connectivity index is 1.78. The number of hydrogen-bond donors (Lipinski definition) is 1. The Hall–Kier alpha value is -2.69. The highest BCUT2D eigenvalue weighted by atomic mass is 16.7. The van der Waals surface area contributed by atoms with Gasteiger partial charge in [-0.05, 0) is 37.0 Å². The van der Waals surface area contributed by atoms with E-state index in [2.05, 4.69) is 13.8 Å². The number of benzene rings is 1. The van der Waals surface area contributed by atoms with Gasteiger partial charge in [-0.25, -0.2) is 0 Å². The summed E-state index contributed by atoms with van der Waals surface area (Å²) in [6.07, 6.45) is 35.4. The second-order valence-electron chi connectivity index (χ2n) is 18.4. The van der Waals surface area contributed by atoms with E-state index in [9.17, 15) is 19.5 Å². The largest absolute Gasteiger partial charge is 0.494 e. The molecule has 0 spiro atoms. The van der Waals surface area contributed by atoms with Crippen molar-refractivity contribution >= 4 is 17.9 Å². The topological polar surface area (TPSA) is 127 Å². The van der Waals surface area contributed by atoms with Crippen LogP contribution in [0.2, 0.25) is 0 Å². The lowest BCUT2D eigenvalue weighted by Gasteiger charge is -2.39. The van der Waals surface area contributed by atoms with Gasteiger partial charge in [0.1, 0.15) is 24.6 Å². The first-order valence-electron chi connectivity index (χ1n) is 26.5. The maximum absolute atomic E-state index is 13.3. The number of methoxy groups -OCH3 is 1. The van der Waals surface area contributed by atoms with Crippen molar-refractivity contribution in [1.29, 1.82) is 0 Å². The second kappa shape index (κ2) is 40.6. The van der Waals surface area contributed by atoms with Crippen molar-refractivity contribution in [3.05, 3.63) is 29.8 Å². The van der Waals surface area contributed by atoms with E-state index >= 15 is 0 Å². The first-order valence-corrected chi connectivity index (χ1v) is 26.5. The van der Waals surface area contributed by atoms with Gasteiger partial charge in [-0.3, -0.25) is 14.4 Å². The number of carbonyl (C=O) groups excluding carboxylic acids is 3. The lowest BCUT2D eigenvalue weighted by atomic mass is 10.0. The number of hydrogen-bond acceptors (Lipinski definition) is 10. The highest BCUT2D eigenvalue weighted by Gasteiger charge is 2.44. The standard InChI is InChI=1S/C54H94O10/c1-4-6-8-10-12-14-16-18-20-22-24-26-28-30-32-35-51(57)62-48-43-53(59-3)63-49(45-61-50(56)37-34-42-60-47-40-38-46(44-55)39-41-47)54(48)64-52(58)36-33-31-29-27-25-23-21-19-17-15-13-11-9-7-5-2/h38-41,48-49,53-55H,4-37,42-45H2,1-3H3. The van der Waals surface area contributed by atoms with Crippen LogP contribution in [-0.4, -0.2) is 67.9 Å². The lowest BCUT2D eigenvalue weighted by Crippen LogP contribution is -2.54. The minimum absolute atomic E-state index is 0.0374. The SMILES string of the molecule is CCCCCCCCCCCCCCCCCC(=O)OC1CC(OC)OC(COC(=O)CCCOc2ccc(CO)cc2)C1OC(=O)CCCCCCCCCCCCCCCCC. The number of ether oxygens (including phenoxy) is 6. The maximum Gasteiger partial charge on any atom is 0.306 e. The van der Waals surface area contributed by atoms with E-state index in [1.807, 2.05) is 0 Å². The van der Waals surface area contributed by atoms with Gasteiger partial charge >= 0.3 is 17.9 Å². The highest BCUT2D eigenvalue weighted by Crippen LogP contribution is 2.28. The monoisotopic (exact) mass is 903 g/mol. The minimum Gasteiger partial charge on any atom is -0.494 e. The molecule has 0 aliphatic carbocycles. The van der Waals surface area contributed by atoms with Crippen molar-refractivity contribution in [2.24, 2.45) is 0 Å². The Morgan fingerprint density at radius 3 is 1.38 bits per heavy atom. The summed E-state index contributed by atoms with van der Waals surface area (Å²) >= 11 is 0. The average molecular weight is 903 g/mol. The molecule has 1 aliphatic rings. The summed E-state index contributed by atoms with van der Waals surface area (Å²) in [7, 11) is 1.52. The van der Waals surface area contributed by atoms with Crippen molar-refractivity contribution in [3.8, 4) is 5.75 Å². The van der Waals surface area contributed by atoms with Gasteiger partial charge in [0.15, 0.2) is 12.4 Å². The Labute approximate surface area is 390 Å². The van der Waals surface area contributed by atoms with E-state index in [1.54, 1.807) is 24.3 Å². The quantitative estimate of drug-likeness (QED) is 0.0384. The fourth-order valence-electron chi connectivity index (χ4n) is 8.51. The van der Waals surface area contributed by atoms with Gasteiger partial charge in [0, 0.05) is 32.8 Å². The molecule has 2 rings (SSSR count). The number of carbonyl (C=O) groups is 3. The molecule has 1 fully saturated rings. The van der Waals surface area contributed by atoms with Crippen LogP contribution >= 0.6 is 0 Å². The molecule has 0 saturated carbocycles. The van der Waals surface area contributed by atoms with Crippen LogP contribution in [0.1, 0.15) is 244 Å². The third-order valence-electron chi connectivity index (χ3n) is 12.6. The van der Waals surface area contributed by atoms with Gasteiger partial charge in [-0.15, -0.1) is 0 Å². The van der Waals surface area contributed by atoms with Crippen LogP contribution in [0.15, 0.2) is 24.3 Å². The first-order chi connectivity index (χ1) is 31.4. The number of unbranched alkanes of at least 4 members (excludes halogenated alkanes) is 28. The molecule has 1 N–H and O–H groups in total.